The minimum atomic E-state index is -0.355. The SMILES string of the molecule is C=CC(=O)N(C)C1CCC(c2ccc(-c3ccc(-c4ccc(CCCCC)cc4)cc3F)cc2F)CC1. The second-order valence-corrected chi connectivity index (χ2v) is 10.2. The molecule has 1 amide bonds. The van der Waals surface area contributed by atoms with E-state index in [1.165, 1.54) is 43.0 Å². The van der Waals surface area contributed by atoms with Crippen LogP contribution in [0.3, 0.4) is 0 Å². The Bertz CT molecular complexity index is 1230. The minimum Gasteiger partial charge on any atom is -0.339 e. The van der Waals surface area contributed by atoms with Gasteiger partial charge in [-0.15, -0.1) is 0 Å². The van der Waals surface area contributed by atoms with Crippen LogP contribution in [0.15, 0.2) is 73.3 Å². The predicted molar refractivity (Wildman–Crippen MR) is 148 cm³/mol. The fourth-order valence-electron chi connectivity index (χ4n) is 5.50. The van der Waals surface area contributed by atoms with E-state index >= 15 is 8.78 Å². The molecule has 37 heavy (non-hydrogen) atoms. The van der Waals surface area contributed by atoms with Gasteiger partial charge in [0, 0.05) is 18.7 Å². The lowest BCUT2D eigenvalue weighted by Crippen LogP contribution is -2.38. The molecule has 1 aliphatic rings. The van der Waals surface area contributed by atoms with E-state index in [1.807, 2.05) is 24.3 Å². The van der Waals surface area contributed by atoms with Crippen molar-refractivity contribution in [1.29, 1.82) is 0 Å². The maximum Gasteiger partial charge on any atom is 0.245 e. The van der Waals surface area contributed by atoms with Gasteiger partial charge in [0.15, 0.2) is 0 Å². The van der Waals surface area contributed by atoms with Crippen LogP contribution in [0.2, 0.25) is 0 Å². The predicted octanol–water partition coefficient (Wildman–Crippen LogP) is 8.70. The van der Waals surface area contributed by atoms with Crippen molar-refractivity contribution < 1.29 is 13.6 Å². The Kier molecular flexibility index (Phi) is 8.91. The molecule has 194 valence electrons. The van der Waals surface area contributed by atoms with E-state index in [4.69, 9.17) is 0 Å². The number of aryl methyl sites for hydroxylation is 1. The Labute approximate surface area is 220 Å². The van der Waals surface area contributed by atoms with Gasteiger partial charge in [-0.1, -0.05) is 74.9 Å². The van der Waals surface area contributed by atoms with Gasteiger partial charge in [-0.25, -0.2) is 8.78 Å². The number of carbonyl (C=O) groups is 1. The average molecular weight is 502 g/mol. The van der Waals surface area contributed by atoms with Gasteiger partial charge in [-0.3, -0.25) is 4.79 Å². The quantitative estimate of drug-likeness (QED) is 0.212. The zero-order valence-corrected chi connectivity index (χ0v) is 22.0. The summed E-state index contributed by atoms with van der Waals surface area (Å²) in [4.78, 5) is 13.6. The number of halogens is 2. The number of nitrogens with zero attached hydrogens (tertiary/aromatic N) is 1. The molecule has 0 aliphatic heterocycles. The van der Waals surface area contributed by atoms with Gasteiger partial charge in [0.25, 0.3) is 0 Å². The lowest BCUT2D eigenvalue weighted by molar-refractivity contribution is -0.127. The standard InChI is InChI=1S/C33H37F2NO/c1-4-6-7-8-23-9-11-24(12-10-23)26-15-19-30(31(34)21-26)27-16-20-29(32(35)22-27)25-13-17-28(18-14-25)36(3)33(37)5-2/h5,9-12,15-16,19-22,25,28H,2,4,6-8,13-14,17-18H2,1,3H3. The van der Waals surface area contributed by atoms with E-state index in [2.05, 4.69) is 25.6 Å². The van der Waals surface area contributed by atoms with Crippen molar-refractivity contribution in [3.8, 4) is 22.3 Å². The van der Waals surface area contributed by atoms with Gasteiger partial charge >= 0.3 is 0 Å². The van der Waals surface area contributed by atoms with Gasteiger partial charge in [0.2, 0.25) is 5.91 Å². The van der Waals surface area contributed by atoms with Crippen molar-refractivity contribution in [1.82, 2.24) is 4.90 Å². The maximum absolute atomic E-state index is 15.2. The molecule has 0 spiro atoms. The summed E-state index contributed by atoms with van der Waals surface area (Å²) < 4.78 is 30.3. The maximum atomic E-state index is 15.2. The zero-order chi connectivity index (χ0) is 26.4. The van der Waals surface area contributed by atoms with Crippen molar-refractivity contribution in [2.24, 2.45) is 0 Å². The molecule has 0 atom stereocenters. The van der Waals surface area contributed by atoms with Crippen LogP contribution in [0.1, 0.15) is 68.9 Å². The monoisotopic (exact) mass is 501 g/mol. The van der Waals surface area contributed by atoms with Gasteiger partial charge < -0.3 is 4.90 Å². The zero-order valence-electron chi connectivity index (χ0n) is 22.0. The molecule has 3 aromatic carbocycles. The summed E-state index contributed by atoms with van der Waals surface area (Å²) in [7, 11) is 1.80. The highest BCUT2D eigenvalue weighted by atomic mass is 19.1. The van der Waals surface area contributed by atoms with E-state index in [-0.39, 0.29) is 29.5 Å². The second-order valence-electron chi connectivity index (χ2n) is 10.2. The Morgan fingerprint density at radius 3 is 2.16 bits per heavy atom. The van der Waals surface area contributed by atoms with Gasteiger partial charge in [-0.2, -0.15) is 0 Å². The van der Waals surface area contributed by atoms with Crippen LogP contribution in [-0.2, 0) is 11.2 Å². The molecular weight excluding hydrogens is 464 g/mol. The summed E-state index contributed by atoms with van der Waals surface area (Å²) in [6, 6.07) is 18.8. The molecule has 0 N–H and O–H groups in total. The first kappa shape index (κ1) is 26.8. The number of unbranched alkanes of at least 4 members (excludes halogenated alkanes) is 2. The van der Waals surface area contributed by atoms with Crippen LogP contribution >= 0.6 is 0 Å². The first-order chi connectivity index (χ1) is 17.9. The molecule has 4 rings (SSSR count). The number of benzene rings is 3. The number of likely N-dealkylation sites (N-methyl/N-ethyl adjacent to an activating group) is 1. The average Bonchev–Trinajstić information content (AvgIpc) is 2.93. The first-order valence-corrected chi connectivity index (χ1v) is 13.5. The van der Waals surface area contributed by atoms with Crippen molar-refractivity contribution in [2.45, 2.75) is 70.3 Å². The van der Waals surface area contributed by atoms with Crippen LogP contribution in [0.5, 0.6) is 0 Å². The van der Waals surface area contributed by atoms with Crippen LogP contribution < -0.4 is 0 Å². The molecule has 0 saturated heterocycles. The lowest BCUT2D eigenvalue weighted by atomic mass is 9.80. The largest absolute Gasteiger partial charge is 0.339 e. The third-order valence-corrected chi connectivity index (χ3v) is 7.84. The van der Waals surface area contributed by atoms with E-state index in [0.717, 1.165) is 43.2 Å². The van der Waals surface area contributed by atoms with Gasteiger partial charge in [0.1, 0.15) is 11.6 Å². The molecule has 1 saturated carbocycles. The normalized spacial score (nSPS) is 17.4. The van der Waals surface area contributed by atoms with Crippen LogP contribution in [0.25, 0.3) is 22.3 Å². The number of hydrogen-bond acceptors (Lipinski definition) is 1. The Morgan fingerprint density at radius 2 is 1.54 bits per heavy atom. The summed E-state index contributed by atoms with van der Waals surface area (Å²) in [5.41, 5.74) is 4.71. The van der Waals surface area contributed by atoms with Crippen LogP contribution in [-0.4, -0.2) is 23.9 Å². The summed E-state index contributed by atoms with van der Waals surface area (Å²) in [5, 5.41) is 0. The van der Waals surface area contributed by atoms with Gasteiger partial charge in [0.05, 0.1) is 0 Å². The van der Waals surface area contributed by atoms with E-state index < -0.39 is 0 Å². The highest BCUT2D eigenvalue weighted by molar-refractivity contribution is 5.87. The van der Waals surface area contributed by atoms with Crippen LogP contribution in [0.4, 0.5) is 8.78 Å². The minimum absolute atomic E-state index is 0.0774. The fourth-order valence-corrected chi connectivity index (χ4v) is 5.50. The van der Waals surface area contributed by atoms with E-state index in [0.29, 0.717) is 16.7 Å². The molecule has 0 bridgehead atoms. The topological polar surface area (TPSA) is 20.3 Å². The van der Waals surface area contributed by atoms with Crippen molar-refractivity contribution in [3.63, 3.8) is 0 Å². The summed E-state index contributed by atoms with van der Waals surface area (Å²) in [5.74, 6) is -0.619. The van der Waals surface area contributed by atoms with Crippen molar-refractivity contribution in [2.75, 3.05) is 7.05 Å². The summed E-state index contributed by atoms with van der Waals surface area (Å²) in [6.07, 6.45) is 9.31. The Morgan fingerprint density at radius 1 is 0.892 bits per heavy atom. The molecule has 2 nitrogen and oxygen atoms in total. The molecular formula is C33H37F2NO. The number of hydrogen-bond donors (Lipinski definition) is 0. The molecule has 0 heterocycles. The molecule has 1 fully saturated rings. The fraction of sp³-hybridized carbons (Fsp3) is 0.364. The summed E-state index contributed by atoms with van der Waals surface area (Å²) >= 11 is 0. The number of rotatable bonds is 9. The number of amides is 1. The third kappa shape index (κ3) is 6.36. The van der Waals surface area contributed by atoms with E-state index in [1.54, 1.807) is 24.1 Å². The molecule has 1 aliphatic carbocycles. The van der Waals surface area contributed by atoms with Crippen molar-refractivity contribution >= 4 is 5.91 Å². The molecule has 0 radical (unpaired) electrons. The summed E-state index contributed by atoms with van der Waals surface area (Å²) in [6.45, 7) is 5.76. The highest BCUT2D eigenvalue weighted by Crippen LogP contribution is 2.37. The molecule has 0 aromatic heterocycles. The Balaban J connectivity index is 1.44. The molecule has 0 unspecified atom stereocenters. The lowest BCUT2D eigenvalue weighted by Gasteiger charge is -2.34. The third-order valence-electron chi connectivity index (χ3n) is 7.84. The number of carbonyl (C=O) groups excluding carboxylic acids is 1. The molecule has 4 heteroatoms. The first-order valence-electron chi connectivity index (χ1n) is 13.5. The van der Waals surface area contributed by atoms with Gasteiger partial charge in [-0.05, 0) is 90.5 Å². The molecule has 3 aromatic rings. The highest BCUT2D eigenvalue weighted by Gasteiger charge is 2.28. The Hall–Kier alpha value is -3.27. The second kappa shape index (κ2) is 12.3. The van der Waals surface area contributed by atoms with Crippen molar-refractivity contribution in [3.05, 3.63) is 96.1 Å². The van der Waals surface area contributed by atoms with E-state index in [9.17, 15) is 4.79 Å². The van der Waals surface area contributed by atoms with Crippen LogP contribution in [0, 0.1) is 11.6 Å². The smallest absolute Gasteiger partial charge is 0.245 e.